The summed E-state index contributed by atoms with van der Waals surface area (Å²) in [7, 11) is 1.50. The van der Waals surface area contributed by atoms with Crippen LogP contribution >= 0.6 is 15.9 Å². The monoisotopic (exact) mass is 505 g/mol. The van der Waals surface area contributed by atoms with E-state index in [2.05, 4.69) is 21.2 Å². The Hall–Kier alpha value is -3.45. The van der Waals surface area contributed by atoms with E-state index in [4.69, 9.17) is 9.47 Å². The van der Waals surface area contributed by atoms with Gasteiger partial charge in [0.25, 0.3) is 0 Å². The summed E-state index contributed by atoms with van der Waals surface area (Å²) in [4.78, 5) is 41.1. The van der Waals surface area contributed by atoms with Gasteiger partial charge in [0.1, 0.15) is 11.5 Å². The van der Waals surface area contributed by atoms with Crippen LogP contribution in [0.3, 0.4) is 0 Å². The molecule has 0 saturated heterocycles. The molecule has 3 aromatic carbocycles. The zero-order valence-electron chi connectivity index (χ0n) is 17.9. The van der Waals surface area contributed by atoms with Crippen LogP contribution in [0.4, 0.5) is 5.69 Å². The van der Waals surface area contributed by atoms with Gasteiger partial charge in [-0.05, 0) is 37.3 Å². The van der Waals surface area contributed by atoms with Crippen LogP contribution < -0.4 is 14.8 Å². The Morgan fingerprint density at radius 3 is 2.39 bits per heavy atom. The van der Waals surface area contributed by atoms with Crippen LogP contribution in [-0.2, 0) is 9.59 Å². The number of hydrogen-bond donors (Lipinski definition) is 1. The smallest absolute Gasteiger partial charge is 0.328 e. The number of hydrogen-bond acceptors (Lipinski definition) is 5. The molecule has 5 rings (SSSR count). The molecular weight excluding hydrogens is 486 g/mol. The highest BCUT2D eigenvalue weighted by atomic mass is 79.9. The first-order valence-electron chi connectivity index (χ1n) is 10.4. The molecule has 1 heterocycles. The first kappa shape index (κ1) is 21.4. The first-order valence-corrected chi connectivity index (χ1v) is 11.2. The third-order valence-corrected chi connectivity index (χ3v) is 7.32. The molecule has 1 aliphatic carbocycles. The maximum Gasteiger partial charge on any atom is 0.328 e. The number of carbonyl (C=O) groups is 3. The second-order valence-electron chi connectivity index (χ2n) is 8.36. The minimum atomic E-state index is -1.70. The number of ketones is 1. The Labute approximate surface area is 199 Å². The molecule has 1 aliphatic heterocycles. The van der Waals surface area contributed by atoms with Crippen LogP contribution in [0.5, 0.6) is 11.5 Å². The number of benzene rings is 3. The van der Waals surface area contributed by atoms with E-state index in [0.717, 1.165) is 4.47 Å². The Balaban J connectivity index is 1.64. The fourth-order valence-electron chi connectivity index (χ4n) is 5.13. The van der Waals surface area contributed by atoms with Crippen LogP contribution in [0.25, 0.3) is 0 Å². The van der Waals surface area contributed by atoms with E-state index < -0.39 is 28.6 Å². The number of carbonyl (C=O) groups excluding carboxylic acids is 3. The molecule has 1 amide bonds. The summed E-state index contributed by atoms with van der Waals surface area (Å²) in [5, 5.41) is 2.82. The second-order valence-corrected chi connectivity index (χ2v) is 9.28. The third kappa shape index (κ3) is 2.88. The largest absolute Gasteiger partial charge is 0.495 e. The molecule has 0 bridgehead atoms. The molecule has 1 saturated carbocycles. The van der Waals surface area contributed by atoms with Gasteiger partial charge in [-0.15, -0.1) is 0 Å². The minimum absolute atomic E-state index is 0.288. The van der Waals surface area contributed by atoms with Gasteiger partial charge in [0, 0.05) is 21.5 Å². The highest BCUT2D eigenvalue weighted by molar-refractivity contribution is 9.10. The summed E-state index contributed by atoms with van der Waals surface area (Å²) >= 11 is 3.38. The zero-order chi connectivity index (χ0) is 23.4. The van der Waals surface area contributed by atoms with Crippen LogP contribution in [0.15, 0.2) is 77.3 Å². The van der Waals surface area contributed by atoms with Crippen molar-refractivity contribution in [1.29, 1.82) is 0 Å². The predicted octanol–water partition coefficient (Wildman–Crippen LogP) is 4.99. The van der Waals surface area contributed by atoms with Crippen LogP contribution in [0.1, 0.15) is 28.8 Å². The Bertz CT molecular complexity index is 1300. The summed E-state index contributed by atoms with van der Waals surface area (Å²) in [5.41, 5.74) is -1.52. The zero-order valence-corrected chi connectivity index (χ0v) is 19.5. The van der Waals surface area contributed by atoms with Gasteiger partial charge < -0.3 is 14.8 Å². The number of para-hydroxylation sites is 3. The molecule has 3 atom stereocenters. The number of amides is 1. The molecule has 166 valence electrons. The summed E-state index contributed by atoms with van der Waals surface area (Å²) in [6, 6.07) is 20.9. The van der Waals surface area contributed by atoms with Crippen LogP contribution in [0.2, 0.25) is 0 Å². The maximum atomic E-state index is 13.8. The van der Waals surface area contributed by atoms with Crippen molar-refractivity contribution in [1.82, 2.24) is 0 Å². The number of nitrogens with one attached hydrogen (secondary N) is 1. The fraction of sp³-hybridized carbons (Fsp3) is 0.192. The number of esters is 1. The molecule has 6 nitrogen and oxygen atoms in total. The molecular formula is C26H20BrNO5. The van der Waals surface area contributed by atoms with Crippen molar-refractivity contribution >= 4 is 39.3 Å². The van der Waals surface area contributed by atoms with Gasteiger partial charge >= 0.3 is 5.97 Å². The van der Waals surface area contributed by atoms with E-state index in [1.807, 2.05) is 6.07 Å². The maximum absolute atomic E-state index is 13.8. The van der Waals surface area contributed by atoms with Gasteiger partial charge in [0.05, 0.1) is 18.2 Å². The molecule has 33 heavy (non-hydrogen) atoms. The van der Waals surface area contributed by atoms with Crippen molar-refractivity contribution in [3.8, 4) is 11.5 Å². The standard InChI is InChI=1S/C26H20BrNO5/c1-25(22(29)15-11-13-16(27)14-12-15)21-17-7-3-5-9-19(17)33-24(31)26(21,25)23(30)28-18-8-4-6-10-20(18)32-2/h3-14,21H,1-2H3,(H,28,30)/t21-,25-,26+/m1/s1. The van der Waals surface area contributed by atoms with Crippen molar-refractivity contribution in [3.05, 3.63) is 88.4 Å². The highest BCUT2D eigenvalue weighted by Gasteiger charge is 2.88. The predicted molar refractivity (Wildman–Crippen MR) is 125 cm³/mol. The van der Waals surface area contributed by atoms with E-state index >= 15 is 0 Å². The normalized spacial score (nSPS) is 24.7. The Morgan fingerprint density at radius 2 is 1.67 bits per heavy atom. The SMILES string of the molecule is COc1ccccc1NC(=O)[C@]12C(=O)Oc3ccccc3[C@@H]1[C@]2(C)C(=O)c1ccc(Br)cc1. The molecule has 0 spiro atoms. The summed E-state index contributed by atoms with van der Waals surface area (Å²) in [5.74, 6) is -1.45. The third-order valence-electron chi connectivity index (χ3n) is 6.79. The van der Waals surface area contributed by atoms with Crippen molar-refractivity contribution in [2.45, 2.75) is 12.8 Å². The molecule has 1 fully saturated rings. The lowest BCUT2D eigenvalue weighted by molar-refractivity contribution is -0.147. The summed E-state index contributed by atoms with van der Waals surface area (Å²) in [6.07, 6.45) is 0. The van der Waals surface area contributed by atoms with Crippen molar-refractivity contribution < 1.29 is 23.9 Å². The summed E-state index contributed by atoms with van der Waals surface area (Å²) < 4.78 is 11.8. The van der Waals surface area contributed by atoms with Gasteiger partial charge in [-0.1, -0.05) is 58.4 Å². The minimum Gasteiger partial charge on any atom is -0.495 e. The lowest BCUT2D eigenvalue weighted by atomic mass is 9.86. The summed E-state index contributed by atoms with van der Waals surface area (Å²) in [6.45, 7) is 1.67. The number of Topliss-reactive ketones (excluding diaryl/α,β-unsaturated/α-hetero) is 1. The van der Waals surface area contributed by atoms with Crippen LogP contribution in [0, 0.1) is 10.8 Å². The van der Waals surface area contributed by atoms with Gasteiger partial charge in [0.2, 0.25) is 5.91 Å². The van der Waals surface area contributed by atoms with E-state index in [9.17, 15) is 14.4 Å². The lowest BCUT2D eigenvalue weighted by Crippen LogP contribution is -2.42. The highest BCUT2D eigenvalue weighted by Crippen LogP contribution is 2.78. The Kier molecular flexibility index (Phi) is 4.90. The number of anilines is 1. The molecule has 0 radical (unpaired) electrons. The molecule has 2 aliphatic rings. The fourth-order valence-corrected chi connectivity index (χ4v) is 5.39. The first-order chi connectivity index (χ1) is 15.9. The number of halogens is 1. The molecule has 7 heteroatoms. The van der Waals surface area contributed by atoms with E-state index in [1.165, 1.54) is 7.11 Å². The molecule has 3 aromatic rings. The quantitative estimate of drug-likeness (QED) is 0.228. The second kappa shape index (κ2) is 7.56. The molecule has 0 aromatic heterocycles. The molecule has 1 N–H and O–H groups in total. The number of rotatable bonds is 5. The average molecular weight is 506 g/mol. The lowest BCUT2D eigenvalue weighted by Gasteiger charge is -2.23. The van der Waals surface area contributed by atoms with Crippen LogP contribution in [-0.4, -0.2) is 24.8 Å². The van der Waals surface area contributed by atoms with E-state index in [-0.39, 0.29) is 5.78 Å². The van der Waals surface area contributed by atoms with E-state index in [0.29, 0.717) is 28.3 Å². The number of fused-ring (bicyclic) bond motifs is 3. The van der Waals surface area contributed by atoms with Gasteiger partial charge in [0.15, 0.2) is 11.2 Å². The van der Waals surface area contributed by atoms with Crippen molar-refractivity contribution in [3.63, 3.8) is 0 Å². The molecule has 0 unspecified atom stereocenters. The average Bonchev–Trinajstić information content (AvgIpc) is 3.43. The van der Waals surface area contributed by atoms with Gasteiger partial charge in [-0.3, -0.25) is 14.4 Å². The van der Waals surface area contributed by atoms with E-state index in [1.54, 1.807) is 73.7 Å². The van der Waals surface area contributed by atoms with Gasteiger partial charge in [-0.25, -0.2) is 0 Å². The van der Waals surface area contributed by atoms with Crippen molar-refractivity contribution in [2.75, 3.05) is 12.4 Å². The van der Waals surface area contributed by atoms with Gasteiger partial charge in [-0.2, -0.15) is 0 Å². The van der Waals surface area contributed by atoms with Crippen molar-refractivity contribution in [2.24, 2.45) is 10.8 Å². The number of ether oxygens (including phenoxy) is 2. The topological polar surface area (TPSA) is 81.7 Å². The Morgan fingerprint density at radius 1 is 1.00 bits per heavy atom. The number of methoxy groups -OCH3 is 1.